The normalized spacial score (nSPS) is 16.3. The third-order valence-corrected chi connectivity index (χ3v) is 10.1. The molecule has 0 unspecified atom stereocenters. The first-order valence-electron chi connectivity index (χ1n) is 14.3. The first-order chi connectivity index (χ1) is 20.2. The summed E-state index contributed by atoms with van der Waals surface area (Å²) >= 11 is 1.76. The summed E-state index contributed by atoms with van der Waals surface area (Å²) in [5.41, 5.74) is 4.87. The van der Waals surface area contributed by atoms with Crippen LogP contribution in [0.2, 0.25) is 0 Å². The van der Waals surface area contributed by atoms with E-state index in [-0.39, 0.29) is 5.97 Å². The van der Waals surface area contributed by atoms with Crippen LogP contribution in [-0.4, -0.2) is 24.0 Å². The molecule has 1 fully saturated rings. The van der Waals surface area contributed by atoms with Crippen molar-refractivity contribution in [3.05, 3.63) is 132 Å². The quantitative estimate of drug-likeness (QED) is 0.205. The lowest BCUT2D eigenvalue weighted by atomic mass is 9.81. The molecular weight excluding hydrogens is 522 g/mol. The van der Waals surface area contributed by atoms with Crippen LogP contribution in [-0.2, 0) is 16.9 Å². The van der Waals surface area contributed by atoms with Gasteiger partial charge in [-0.2, -0.15) is 0 Å². The van der Waals surface area contributed by atoms with E-state index in [1.807, 2.05) is 0 Å². The predicted molar refractivity (Wildman–Crippen MR) is 168 cm³/mol. The van der Waals surface area contributed by atoms with Crippen molar-refractivity contribution in [3.8, 4) is 20.9 Å². The number of carbonyl (C=O) groups is 1. The molecule has 0 saturated carbocycles. The first kappa shape index (κ1) is 24.5. The molecule has 1 aromatic heterocycles. The number of rotatable bonds is 4. The molecule has 1 saturated heterocycles. The van der Waals surface area contributed by atoms with Gasteiger partial charge in [-0.3, -0.25) is 4.90 Å². The molecule has 0 N–H and O–H groups in total. The van der Waals surface area contributed by atoms with E-state index in [9.17, 15) is 4.79 Å². The summed E-state index contributed by atoms with van der Waals surface area (Å²) < 4.78 is 6.49. The van der Waals surface area contributed by atoms with E-state index in [4.69, 9.17) is 4.74 Å². The molecule has 1 spiro atoms. The Morgan fingerprint density at radius 2 is 1.22 bits per heavy atom. The van der Waals surface area contributed by atoms with E-state index in [1.54, 1.807) is 11.3 Å². The highest BCUT2D eigenvalue weighted by molar-refractivity contribution is 7.19. The lowest BCUT2D eigenvalue weighted by Gasteiger charge is -2.39. The van der Waals surface area contributed by atoms with Crippen molar-refractivity contribution in [3.63, 3.8) is 0 Å². The van der Waals surface area contributed by atoms with Gasteiger partial charge in [-0.05, 0) is 32.7 Å². The fourth-order valence-electron chi connectivity index (χ4n) is 6.83. The van der Waals surface area contributed by atoms with E-state index >= 15 is 0 Å². The molecule has 4 heteroatoms. The Bertz CT molecular complexity index is 1920. The Balaban J connectivity index is 1.30. The fraction of sp³-hybridized carbons (Fsp3) is 0.162. The molecule has 2 aliphatic rings. The Labute approximate surface area is 243 Å². The average Bonchev–Trinajstić information content (AvgIpc) is 3.55. The van der Waals surface area contributed by atoms with Gasteiger partial charge in [-0.25, -0.2) is 4.79 Å². The zero-order valence-corrected chi connectivity index (χ0v) is 23.5. The monoisotopic (exact) mass is 551 g/mol. The number of fused-ring (bicyclic) bond motifs is 4. The smallest absolute Gasteiger partial charge is 0.340 e. The number of ether oxygens (including phenoxy) is 1. The Morgan fingerprint density at radius 1 is 0.659 bits per heavy atom. The maximum Gasteiger partial charge on any atom is 0.340 e. The number of benzene rings is 5. The van der Waals surface area contributed by atoms with Crippen LogP contribution in [0.1, 0.15) is 34.3 Å². The van der Waals surface area contributed by atoms with E-state index in [0.717, 1.165) is 59.4 Å². The number of piperidine rings is 1. The molecule has 8 rings (SSSR count). The largest absolute Gasteiger partial charge is 0.450 e. The maximum absolute atomic E-state index is 13.9. The van der Waals surface area contributed by atoms with Crippen LogP contribution in [0.5, 0.6) is 0 Å². The van der Waals surface area contributed by atoms with E-state index in [0.29, 0.717) is 0 Å². The number of nitrogens with zero attached hydrogens (tertiary/aromatic N) is 1. The molecule has 6 aromatic rings. The molecular formula is C37H29NO2S. The zero-order valence-electron chi connectivity index (χ0n) is 22.7. The Hall–Kier alpha value is -4.25. The zero-order chi connectivity index (χ0) is 27.4. The van der Waals surface area contributed by atoms with Crippen molar-refractivity contribution in [2.45, 2.75) is 25.0 Å². The standard InChI is InChI=1S/C37H29NO2S/c39-36-32-33(37(40-36)20-22-38(23-21-37)24-25-10-2-1-3-11-25)35(31-19-9-15-27-13-5-7-17-29(27)31)41-34(32)30-18-8-14-26-12-4-6-16-28(26)30/h1-19H,20-24H2. The highest BCUT2D eigenvalue weighted by Crippen LogP contribution is 2.56. The topological polar surface area (TPSA) is 29.5 Å². The molecule has 0 aliphatic carbocycles. The third kappa shape index (κ3) is 4.01. The molecule has 0 amide bonds. The number of carbonyl (C=O) groups excluding carboxylic acids is 1. The highest BCUT2D eigenvalue weighted by atomic mass is 32.1. The molecule has 0 atom stereocenters. The van der Waals surface area contributed by atoms with Crippen LogP contribution in [0, 0.1) is 0 Å². The maximum atomic E-state index is 13.9. The number of hydrogen-bond donors (Lipinski definition) is 0. The molecule has 0 bridgehead atoms. The minimum Gasteiger partial charge on any atom is -0.450 e. The number of hydrogen-bond acceptors (Lipinski definition) is 4. The average molecular weight is 552 g/mol. The number of likely N-dealkylation sites (tertiary alicyclic amines) is 1. The summed E-state index contributed by atoms with van der Waals surface area (Å²) in [4.78, 5) is 18.6. The van der Waals surface area contributed by atoms with Crippen LogP contribution in [0.15, 0.2) is 115 Å². The Morgan fingerprint density at radius 3 is 1.88 bits per heavy atom. The molecule has 200 valence electrons. The number of esters is 1. The lowest BCUT2D eigenvalue weighted by Crippen LogP contribution is -2.42. The minimum absolute atomic E-state index is 0.179. The van der Waals surface area contributed by atoms with E-state index < -0.39 is 5.60 Å². The predicted octanol–water partition coefficient (Wildman–Crippen LogP) is 9.05. The summed E-state index contributed by atoms with van der Waals surface area (Å²) in [6.07, 6.45) is 1.59. The van der Waals surface area contributed by atoms with Gasteiger partial charge in [0.1, 0.15) is 5.60 Å². The van der Waals surface area contributed by atoms with Gasteiger partial charge < -0.3 is 4.74 Å². The highest BCUT2D eigenvalue weighted by Gasteiger charge is 2.51. The second-order valence-electron chi connectivity index (χ2n) is 11.2. The molecule has 2 aliphatic heterocycles. The van der Waals surface area contributed by atoms with E-state index in [2.05, 4.69) is 120 Å². The van der Waals surface area contributed by atoms with Gasteiger partial charge in [0.2, 0.25) is 0 Å². The van der Waals surface area contributed by atoms with Crippen molar-refractivity contribution in [2.75, 3.05) is 13.1 Å². The number of thiophene rings is 1. The Kier molecular flexibility index (Phi) is 5.80. The van der Waals surface area contributed by atoms with Gasteiger partial charge in [-0.15, -0.1) is 11.3 Å². The van der Waals surface area contributed by atoms with E-state index in [1.165, 1.54) is 32.2 Å². The molecule has 3 heterocycles. The van der Waals surface area contributed by atoms with Crippen LogP contribution >= 0.6 is 11.3 Å². The second kappa shape index (κ2) is 9.69. The molecule has 41 heavy (non-hydrogen) atoms. The molecule has 3 nitrogen and oxygen atoms in total. The first-order valence-corrected chi connectivity index (χ1v) is 15.1. The molecule has 0 radical (unpaired) electrons. The van der Waals surface area contributed by atoms with Gasteiger partial charge in [-0.1, -0.05) is 115 Å². The van der Waals surface area contributed by atoms with Gasteiger partial charge >= 0.3 is 5.97 Å². The fourth-order valence-corrected chi connectivity index (χ4v) is 8.29. The summed E-state index contributed by atoms with van der Waals surface area (Å²) in [6, 6.07) is 40.5. The lowest BCUT2D eigenvalue weighted by molar-refractivity contribution is -0.0437. The summed E-state index contributed by atoms with van der Waals surface area (Å²) in [6.45, 7) is 2.69. The molecule has 5 aromatic carbocycles. The van der Waals surface area contributed by atoms with Crippen molar-refractivity contribution < 1.29 is 9.53 Å². The van der Waals surface area contributed by atoms with Crippen LogP contribution in [0.3, 0.4) is 0 Å². The summed E-state index contributed by atoms with van der Waals surface area (Å²) in [5.74, 6) is -0.179. The van der Waals surface area contributed by atoms with Gasteiger partial charge in [0.15, 0.2) is 0 Å². The SMILES string of the molecule is O=C1OC2(CCN(Cc3ccccc3)CC2)c2c(-c3cccc4ccccc34)sc(-c3cccc4ccccc34)c21. The van der Waals surface area contributed by atoms with Gasteiger partial charge in [0.25, 0.3) is 0 Å². The summed E-state index contributed by atoms with van der Waals surface area (Å²) in [7, 11) is 0. The van der Waals surface area contributed by atoms with Crippen molar-refractivity contribution in [1.82, 2.24) is 4.90 Å². The van der Waals surface area contributed by atoms with Crippen molar-refractivity contribution in [1.29, 1.82) is 0 Å². The van der Waals surface area contributed by atoms with Gasteiger partial charge in [0, 0.05) is 48.5 Å². The van der Waals surface area contributed by atoms with Crippen molar-refractivity contribution >= 4 is 38.9 Å². The summed E-state index contributed by atoms with van der Waals surface area (Å²) in [5, 5.41) is 4.75. The minimum atomic E-state index is -0.606. The van der Waals surface area contributed by atoms with Crippen molar-refractivity contribution in [2.24, 2.45) is 0 Å². The van der Waals surface area contributed by atoms with Crippen LogP contribution < -0.4 is 0 Å². The van der Waals surface area contributed by atoms with Crippen LogP contribution in [0.4, 0.5) is 0 Å². The second-order valence-corrected chi connectivity index (χ2v) is 12.2. The van der Waals surface area contributed by atoms with Gasteiger partial charge in [0.05, 0.1) is 10.4 Å². The third-order valence-electron chi connectivity index (χ3n) is 8.84. The van der Waals surface area contributed by atoms with Crippen LogP contribution in [0.25, 0.3) is 42.4 Å².